The van der Waals surface area contributed by atoms with E-state index in [0.29, 0.717) is 11.8 Å². The number of nitroso groups, excluding NO2 is 1. The maximum absolute atomic E-state index is 10.7. The highest BCUT2D eigenvalue weighted by Gasteiger charge is 2.49. The Hall–Kier alpha value is -0.660. The summed E-state index contributed by atoms with van der Waals surface area (Å²) in [5.74, 6) is 2.89. The van der Waals surface area contributed by atoms with Crippen LogP contribution >= 0.6 is 0 Å². The van der Waals surface area contributed by atoms with Crippen molar-refractivity contribution in [3.05, 3.63) is 17.1 Å². The molecule has 0 aromatic rings. The first-order valence-electron chi connectivity index (χ1n) is 5.41. The molecule has 3 aliphatic carbocycles. The molecule has 0 aromatic carbocycles. The van der Waals surface area contributed by atoms with Crippen molar-refractivity contribution in [2.24, 2.45) is 28.8 Å². The molecule has 3 rings (SSSR count). The van der Waals surface area contributed by atoms with Crippen molar-refractivity contribution in [1.82, 2.24) is 0 Å². The molecule has 0 N–H and O–H groups in total. The second-order valence-electron chi connectivity index (χ2n) is 4.79. The number of nitrogens with zero attached hydrogens (tertiary/aromatic N) is 1. The lowest BCUT2D eigenvalue weighted by atomic mass is 9.71. The van der Waals surface area contributed by atoms with Gasteiger partial charge in [0.05, 0.1) is 6.04 Å². The van der Waals surface area contributed by atoms with Gasteiger partial charge < -0.3 is 0 Å². The summed E-state index contributed by atoms with van der Waals surface area (Å²) >= 11 is 0. The van der Waals surface area contributed by atoms with Crippen molar-refractivity contribution in [1.29, 1.82) is 0 Å². The number of allylic oxidation sites excluding steroid dienone is 2. The third-order valence-corrected chi connectivity index (χ3v) is 4.31. The van der Waals surface area contributed by atoms with Gasteiger partial charge in [0.2, 0.25) is 0 Å². The molecule has 5 atom stereocenters. The molecule has 13 heavy (non-hydrogen) atoms. The Labute approximate surface area is 78.4 Å². The summed E-state index contributed by atoms with van der Waals surface area (Å²) in [6, 6.07) is 0.138. The summed E-state index contributed by atoms with van der Waals surface area (Å²) in [5, 5.41) is 3.33. The van der Waals surface area contributed by atoms with Crippen molar-refractivity contribution in [2.75, 3.05) is 0 Å². The van der Waals surface area contributed by atoms with Crippen molar-refractivity contribution in [2.45, 2.75) is 31.7 Å². The average Bonchev–Trinajstić information content (AvgIpc) is 2.77. The molecular formula is C11H15NO. The third-order valence-electron chi connectivity index (χ3n) is 4.31. The van der Waals surface area contributed by atoms with Gasteiger partial charge in [-0.2, -0.15) is 4.91 Å². The van der Waals surface area contributed by atoms with E-state index in [1.165, 1.54) is 19.3 Å². The Morgan fingerprint density at radius 1 is 1.15 bits per heavy atom. The summed E-state index contributed by atoms with van der Waals surface area (Å²) in [4.78, 5) is 10.7. The molecule has 0 aromatic heterocycles. The van der Waals surface area contributed by atoms with Gasteiger partial charge in [-0.3, -0.25) is 0 Å². The molecule has 1 unspecified atom stereocenters. The maximum atomic E-state index is 10.7. The monoisotopic (exact) mass is 177 g/mol. The quantitative estimate of drug-likeness (QED) is 0.447. The molecule has 2 nitrogen and oxygen atoms in total. The van der Waals surface area contributed by atoms with Crippen LogP contribution in [0.25, 0.3) is 0 Å². The first-order chi connectivity index (χ1) is 6.40. The minimum absolute atomic E-state index is 0.138. The molecule has 0 radical (unpaired) electrons. The van der Waals surface area contributed by atoms with Crippen molar-refractivity contribution in [3.63, 3.8) is 0 Å². The number of hydrogen-bond donors (Lipinski definition) is 0. The van der Waals surface area contributed by atoms with Crippen LogP contribution in [0.4, 0.5) is 0 Å². The van der Waals surface area contributed by atoms with Crippen LogP contribution in [0.3, 0.4) is 0 Å². The van der Waals surface area contributed by atoms with Gasteiger partial charge in [-0.25, -0.2) is 0 Å². The zero-order valence-electron chi connectivity index (χ0n) is 7.73. The van der Waals surface area contributed by atoms with E-state index in [9.17, 15) is 4.91 Å². The highest BCUT2D eigenvalue weighted by atomic mass is 16.3. The van der Waals surface area contributed by atoms with Crippen LogP contribution in [0.2, 0.25) is 0 Å². The lowest BCUT2D eigenvalue weighted by Gasteiger charge is -2.35. The summed E-state index contributed by atoms with van der Waals surface area (Å²) in [6.07, 6.45) is 9.61. The number of rotatable bonds is 1. The van der Waals surface area contributed by atoms with Gasteiger partial charge >= 0.3 is 0 Å². The zero-order valence-corrected chi connectivity index (χ0v) is 7.73. The first kappa shape index (κ1) is 7.72. The van der Waals surface area contributed by atoms with Crippen LogP contribution in [-0.4, -0.2) is 6.04 Å². The number of fused-ring (bicyclic) bond motifs is 5. The predicted octanol–water partition coefficient (Wildman–Crippen LogP) is 2.74. The summed E-state index contributed by atoms with van der Waals surface area (Å²) in [7, 11) is 0. The Balaban J connectivity index is 1.91. The first-order valence-corrected chi connectivity index (χ1v) is 5.41. The molecule has 2 saturated carbocycles. The molecule has 2 fully saturated rings. The molecule has 0 aliphatic heterocycles. The van der Waals surface area contributed by atoms with E-state index in [1.54, 1.807) is 0 Å². The van der Waals surface area contributed by atoms with Crippen LogP contribution in [0.5, 0.6) is 0 Å². The van der Waals surface area contributed by atoms with E-state index in [2.05, 4.69) is 17.3 Å². The second kappa shape index (κ2) is 2.66. The third kappa shape index (κ3) is 0.946. The lowest BCUT2D eigenvalue weighted by Crippen LogP contribution is -2.33. The van der Waals surface area contributed by atoms with Gasteiger partial charge in [0.25, 0.3) is 0 Å². The van der Waals surface area contributed by atoms with Crippen LogP contribution in [0.1, 0.15) is 25.7 Å². The van der Waals surface area contributed by atoms with E-state index < -0.39 is 0 Å². The fourth-order valence-electron chi connectivity index (χ4n) is 3.82. The topological polar surface area (TPSA) is 29.4 Å². The molecule has 3 aliphatic rings. The van der Waals surface area contributed by atoms with E-state index in [0.717, 1.165) is 18.3 Å². The molecule has 2 heteroatoms. The minimum Gasteiger partial charge on any atom is -0.151 e. The fraction of sp³-hybridized carbons (Fsp3) is 0.818. The van der Waals surface area contributed by atoms with E-state index in [4.69, 9.17) is 0 Å². The number of hydrogen-bond acceptors (Lipinski definition) is 2. The van der Waals surface area contributed by atoms with Crippen molar-refractivity contribution in [3.8, 4) is 0 Å². The molecule has 2 bridgehead atoms. The highest BCUT2D eigenvalue weighted by Crippen LogP contribution is 2.54. The van der Waals surface area contributed by atoms with Gasteiger partial charge in [-0.15, -0.1) is 0 Å². The van der Waals surface area contributed by atoms with Crippen molar-refractivity contribution >= 4 is 0 Å². The minimum atomic E-state index is 0.138. The van der Waals surface area contributed by atoms with E-state index in [-0.39, 0.29) is 6.04 Å². The van der Waals surface area contributed by atoms with E-state index >= 15 is 0 Å². The second-order valence-corrected chi connectivity index (χ2v) is 4.79. The Morgan fingerprint density at radius 2 is 2.00 bits per heavy atom. The molecule has 0 amide bonds. The van der Waals surface area contributed by atoms with E-state index in [1.807, 2.05) is 0 Å². The van der Waals surface area contributed by atoms with Gasteiger partial charge in [-0.05, 0) is 42.9 Å². The molecular weight excluding hydrogens is 162 g/mol. The summed E-state index contributed by atoms with van der Waals surface area (Å²) in [5.41, 5.74) is 0. The predicted molar refractivity (Wildman–Crippen MR) is 51.2 cm³/mol. The smallest absolute Gasteiger partial charge is 0.0956 e. The Morgan fingerprint density at radius 3 is 2.85 bits per heavy atom. The van der Waals surface area contributed by atoms with Crippen LogP contribution in [0, 0.1) is 28.6 Å². The molecule has 0 heterocycles. The van der Waals surface area contributed by atoms with Crippen LogP contribution in [-0.2, 0) is 0 Å². The Bertz CT molecular complexity index is 261. The Kier molecular flexibility index (Phi) is 1.58. The van der Waals surface area contributed by atoms with Crippen LogP contribution in [0.15, 0.2) is 17.3 Å². The molecule has 70 valence electrons. The maximum Gasteiger partial charge on any atom is 0.0956 e. The SMILES string of the molecule is O=NC1CCC[C@@H]2[C@H]1[C@@H]1C=C[C@H]2C1. The normalized spacial score (nSPS) is 52.2. The fourth-order valence-corrected chi connectivity index (χ4v) is 3.82. The molecule has 0 spiro atoms. The summed E-state index contributed by atoms with van der Waals surface area (Å²) < 4.78 is 0. The standard InChI is InChI=1S/C11H15NO/c13-12-10-3-1-2-9-7-4-5-8(6-7)11(9)10/h4-5,7-11H,1-3,6H2/t7-,8+,9-,10?,11+/m0/s1. The van der Waals surface area contributed by atoms with Crippen molar-refractivity contribution < 1.29 is 0 Å². The largest absolute Gasteiger partial charge is 0.151 e. The average molecular weight is 177 g/mol. The summed E-state index contributed by atoms with van der Waals surface area (Å²) in [6.45, 7) is 0. The van der Waals surface area contributed by atoms with Gasteiger partial charge in [0.1, 0.15) is 0 Å². The van der Waals surface area contributed by atoms with Gasteiger partial charge in [-0.1, -0.05) is 23.7 Å². The zero-order chi connectivity index (χ0) is 8.84. The highest BCUT2D eigenvalue weighted by molar-refractivity contribution is 5.16. The molecule has 0 saturated heterocycles. The van der Waals surface area contributed by atoms with Gasteiger partial charge in [0.15, 0.2) is 0 Å². The van der Waals surface area contributed by atoms with Crippen LogP contribution < -0.4 is 0 Å². The van der Waals surface area contributed by atoms with Gasteiger partial charge in [0, 0.05) is 0 Å². The lowest BCUT2D eigenvalue weighted by molar-refractivity contribution is 0.191.